The molecule has 0 bridgehead atoms. The first-order chi connectivity index (χ1) is 13.1. The minimum absolute atomic E-state index is 0.00280. The summed E-state index contributed by atoms with van der Waals surface area (Å²) >= 11 is 0. The first kappa shape index (κ1) is 16.7. The van der Waals surface area contributed by atoms with Crippen molar-refractivity contribution in [2.45, 2.75) is 5.67 Å². The summed E-state index contributed by atoms with van der Waals surface area (Å²) in [6.07, 6.45) is 10.6. The lowest BCUT2D eigenvalue weighted by atomic mass is 9.72. The zero-order valence-corrected chi connectivity index (χ0v) is 14.0. The van der Waals surface area contributed by atoms with E-state index in [9.17, 15) is 15.2 Å². The maximum atomic E-state index is 16.6. The van der Waals surface area contributed by atoms with Gasteiger partial charge in [0.1, 0.15) is 5.92 Å². The van der Waals surface area contributed by atoms with Crippen LogP contribution in [0.15, 0.2) is 67.3 Å². The highest BCUT2D eigenvalue weighted by atomic mass is 19.1. The van der Waals surface area contributed by atoms with Crippen LogP contribution in [-0.2, 0) is 10.5 Å². The van der Waals surface area contributed by atoms with Gasteiger partial charge in [-0.3, -0.25) is 9.78 Å². The zero-order chi connectivity index (χ0) is 19.0. The molecule has 2 heterocycles. The number of fused-ring (bicyclic) bond motifs is 1. The van der Waals surface area contributed by atoms with Crippen LogP contribution in [0.4, 0.5) is 4.39 Å². The number of aliphatic carboxylic acids is 1. The number of hydrogen-bond donors (Lipinski definition) is 1. The molecule has 132 valence electrons. The number of halogens is 1. The van der Waals surface area contributed by atoms with Crippen LogP contribution in [0.25, 0.3) is 11.2 Å². The Kier molecular flexibility index (Phi) is 3.81. The maximum absolute atomic E-state index is 16.6. The number of imidazole rings is 1. The van der Waals surface area contributed by atoms with Gasteiger partial charge in [-0.05, 0) is 6.07 Å². The standard InChI is InChI=1S/C20H13FN4O2/c21-20(14-5-2-1-4-13(14)10-22)15(6-3-7-16(20)19(26)27)17-12-25-9-8-23-18(25)11-24-17/h1-9,11-12,16H,(H,26,27). The summed E-state index contributed by atoms with van der Waals surface area (Å²) in [7, 11) is 0. The Hall–Kier alpha value is -3.79. The highest BCUT2D eigenvalue weighted by Gasteiger charge is 2.50. The van der Waals surface area contributed by atoms with E-state index in [0.29, 0.717) is 5.65 Å². The molecule has 3 aromatic rings. The summed E-state index contributed by atoms with van der Waals surface area (Å²) < 4.78 is 18.3. The highest BCUT2D eigenvalue weighted by molar-refractivity contribution is 5.85. The molecule has 27 heavy (non-hydrogen) atoms. The Morgan fingerprint density at radius 2 is 2.15 bits per heavy atom. The maximum Gasteiger partial charge on any atom is 0.314 e. The second kappa shape index (κ2) is 6.18. The summed E-state index contributed by atoms with van der Waals surface area (Å²) in [5.74, 6) is -2.82. The molecule has 0 saturated heterocycles. The van der Waals surface area contributed by atoms with Crippen LogP contribution in [0.5, 0.6) is 0 Å². The van der Waals surface area contributed by atoms with Crippen molar-refractivity contribution in [2.24, 2.45) is 5.92 Å². The van der Waals surface area contributed by atoms with Gasteiger partial charge >= 0.3 is 5.97 Å². The third-order valence-electron chi connectivity index (χ3n) is 4.65. The van der Waals surface area contributed by atoms with Crippen LogP contribution < -0.4 is 0 Å². The zero-order valence-electron chi connectivity index (χ0n) is 14.0. The third-order valence-corrected chi connectivity index (χ3v) is 4.65. The Morgan fingerprint density at radius 3 is 2.93 bits per heavy atom. The van der Waals surface area contributed by atoms with Gasteiger partial charge < -0.3 is 9.51 Å². The molecule has 0 aliphatic heterocycles. The van der Waals surface area contributed by atoms with Gasteiger partial charge in [0, 0.05) is 29.7 Å². The van der Waals surface area contributed by atoms with Gasteiger partial charge in [0.15, 0.2) is 11.3 Å². The molecule has 1 aliphatic carbocycles. The minimum Gasteiger partial charge on any atom is -0.481 e. The lowest BCUT2D eigenvalue weighted by molar-refractivity contribution is -0.143. The molecule has 2 atom stereocenters. The van der Waals surface area contributed by atoms with E-state index in [1.807, 2.05) is 6.07 Å². The molecular formula is C20H13FN4O2. The average molecular weight is 360 g/mol. The molecule has 6 nitrogen and oxygen atoms in total. The minimum atomic E-state index is -2.45. The summed E-state index contributed by atoms with van der Waals surface area (Å²) in [4.78, 5) is 20.2. The SMILES string of the molecule is N#Cc1ccccc1C1(F)C(c2cn3ccnc3cn2)=CC=CC1C(=O)O. The van der Waals surface area contributed by atoms with E-state index < -0.39 is 17.6 Å². The second-order valence-electron chi connectivity index (χ2n) is 6.12. The van der Waals surface area contributed by atoms with Crippen LogP contribution >= 0.6 is 0 Å². The topological polar surface area (TPSA) is 91.3 Å². The van der Waals surface area contributed by atoms with Crippen LogP contribution in [0.3, 0.4) is 0 Å². The second-order valence-corrected chi connectivity index (χ2v) is 6.12. The summed E-state index contributed by atoms with van der Waals surface area (Å²) in [5, 5.41) is 19.1. The largest absolute Gasteiger partial charge is 0.481 e. The van der Waals surface area contributed by atoms with E-state index >= 15 is 4.39 Å². The number of carbonyl (C=O) groups is 1. The normalized spacial score (nSPS) is 21.6. The molecule has 0 spiro atoms. The number of carboxylic acid groups (broad SMARTS) is 1. The molecule has 0 saturated carbocycles. The number of benzene rings is 1. The van der Waals surface area contributed by atoms with Crippen molar-refractivity contribution in [3.05, 3.63) is 84.1 Å². The number of carboxylic acids is 1. The van der Waals surface area contributed by atoms with Gasteiger partial charge in [-0.1, -0.05) is 36.4 Å². The Bertz CT molecular complexity index is 1160. The number of rotatable bonds is 3. The average Bonchev–Trinajstić information content (AvgIpc) is 3.15. The summed E-state index contributed by atoms with van der Waals surface area (Å²) in [6, 6.07) is 8.06. The Labute approximate surface area is 153 Å². The van der Waals surface area contributed by atoms with E-state index in [4.69, 9.17) is 0 Å². The van der Waals surface area contributed by atoms with E-state index in [2.05, 4.69) is 9.97 Å². The molecule has 7 heteroatoms. The van der Waals surface area contributed by atoms with Crippen molar-refractivity contribution < 1.29 is 14.3 Å². The van der Waals surface area contributed by atoms with Crippen LogP contribution in [-0.4, -0.2) is 25.4 Å². The van der Waals surface area contributed by atoms with E-state index in [1.165, 1.54) is 36.6 Å². The number of allylic oxidation sites excluding steroid dienone is 3. The lowest BCUT2D eigenvalue weighted by Gasteiger charge is -2.34. The van der Waals surface area contributed by atoms with Gasteiger partial charge in [-0.2, -0.15) is 5.26 Å². The van der Waals surface area contributed by atoms with E-state index in [0.717, 1.165) is 0 Å². The Balaban J connectivity index is 1.98. The fourth-order valence-electron chi connectivity index (χ4n) is 3.38. The lowest BCUT2D eigenvalue weighted by Crippen LogP contribution is -2.38. The third kappa shape index (κ3) is 2.50. The summed E-state index contributed by atoms with van der Waals surface area (Å²) in [6.45, 7) is 0. The Morgan fingerprint density at radius 1 is 1.33 bits per heavy atom. The van der Waals surface area contributed by atoms with Crippen LogP contribution in [0, 0.1) is 17.2 Å². The predicted molar refractivity (Wildman–Crippen MR) is 95.2 cm³/mol. The monoisotopic (exact) mass is 360 g/mol. The van der Waals surface area contributed by atoms with Crippen molar-refractivity contribution in [3.8, 4) is 6.07 Å². The molecule has 0 radical (unpaired) electrons. The van der Waals surface area contributed by atoms with Crippen molar-refractivity contribution in [1.82, 2.24) is 14.4 Å². The molecule has 0 fully saturated rings. The van der Waals surface area contributed by atoms with Gasteiger partial charge in [0.2, 0.25) is 0 Å². The van der Waals surface area contributed by atoms with Crippen molar-refractivity contribution in [1.29, 1.82) is 5.26 Å². The fourth-order valence-corrected chi connectivity index (χ4v) is 3.38. The van der Waals surface area contributed by atoms with Crippen LogP contribution in [0.1, 0.15) is 16.8 Å². The molecule has 1 aliphatic rings. The first-order valence-electron chi connectivity index (χ1n) is 8.15. The predicted octanol–water partition coefficient (Wildman–Crippen LogP) is 3.12. The molecule has 2 aromatic heterocycles. The molecule has 0 amide bonds. The highest BCUT2D eigenvalue weighted by Crippen LogP contribution is 2.49. The summed E-state index contributed by atoms with van der Waals surface area (Å²) in [5.41, 5.74) is -1.43. The van der Waals surface area contributed by atoms with Gasteiger partial charge in [0.25, 0.3) is 0 Å². The number of nitriles is 1. The molecular weight excluding hydrogens is 347 g/mol. The van der Waals surface area contributed by atoms with Crippen LogP contribution in [0.2, 0.25) is 0 Å². The number of aromatic nitrogens is 3. The molecule has 4 rings (SSSR count). The van der Waals surface area contributed by atoms with Crippen molar-refractivity contribution in [2.75, 3.05) is 0 Å². The van der Waals surface area contributed by atoms with E-state index in [-0.39, 0.29) is 22.4 Å². The van der Waals surface area contributed by atoms with Crippen molar-refractivity contribution in [3.63, 3.8) is 0 Å². The smallest absolute Gasteiger partial charge is 0.314 e. The first-order valence-corrected chi connectivity index (χ1v) is 8.15. The van der Waals surface area contributed by atoms with Gasteiger partial charge in [-0.15, -0.1) is 0 Å². The molecule has 2 unspecified atom stereocenters. The van der Waals surface area contributed by atoms with Crippen molar-refractivity contribution >= 4 is 17.2 Å². The van der Waals surface area contributed by atoms with Gasteiger partial charge in [0.05, 0.1) is 23.5 Å². The van der Waals surface area contributed by atoms with Gasteiger partial charge in [-0.25, -0.2) is 9.37 Å². The quantitative estimate of drug-likeness (QED) is 0.775. The number of alkyl halides is 1. The number of hydrogen-bond acceptors (Lipinski definition) is 4. The number of nitrogens with zero attached hydrogens (tertiary/aromatic N) is 4. The molecule has 1 aromatic carbocycles. The molecule has 1 N–H and O–H groups in total. The fraction of sp³-hybridized carbons (Fsp3) is 0.100. The van der Waals surface area contributed by atoms with E-state index in [1.54, 1.807) is 35.1 Å².